The van der Waals surface area contributed by atoms with Gasteiger partial charge in [0.15, 0.2) is 0 Å². The van der Waals surface area contributed by atoms with Crippen LogP contribution in [0.4, 0.5) is 0 Å². The maximum absolute atomic E-state index is 5.62. The second-order valence-electron chi connectivity index (χ2n) is 10.7. The fourth-order valence-corrected chi connectivity index (χ4v) is 6.57. The maximum Gasteiger partial charge on any atom is 0.119 e. The molecule has 0 spiro atoms. The molecule has 1 fully saturated rings. The van der Waals surface area contributed by atoms with Crippen molar-refractivity contribution >= 4 is 16.9 Å². The first-order valence-electron chi connectivity index (χ1n) is 13.8. The van der Waals surface area contributed by atoms with Crippen LogP contribution in [0.1, 0.15) is 18.1 Å². The molecule has 6 rings (SSSR count). The van der Waals surface area contributed by atoms with Crippen molar-refractivity contribution in [1.29, 1.82) is 0 Å². The third-order valence-corrected chi connectivity index (χ3v) is 8.45. The lowest BCUT2D eigenvalue weighted by Crippen LogP contribution is -2.20. The van der Waals surface area contributed by atoms with E-state index in [9.17, 15) is 0 Å². The Labute approximate surface area is 232 Å². The molecule has 5 aliphatic carbocycles. The Morgan fingerprint density at radius 3 is 2.46 bits per heavy atom. The van der Waals surface area contributed by atoms with E-state index in [-0.39, 0.29) is 0 Å². The Bertz CT molecular complexity index is 1500. The first-order valence-corrected chi connectivity index (χ1v) is 13.8. The predicted molar refractivity (Wildman–Crippen MR) is 161 cm³/mol. The molecule has 1 aromatic carbocycles. The van der Waals surface area contributed by atoms with Gasteiger partial charge in [0.2, 0.25) is 0 Å². The van der Waals surface area contributed by atoms with E-state index in [1.807, 2.05) is 0 Å². The van der Waals surface area contributed by atoms with E-state index in [2.05, 4.69) is 122 Å². The third-order valence-electron chi connectivity index (χ3n) is 8.45. The summed E-state index contributed by atoms with van der Waals surface area (Å²) in [5.41, 5.74) is 9.88. The summed E-state index contributed by atoms with van der Waals surface area (Å²) in [7, 11) is 7.71. The zero-order valence-corrected chi connectivity index (χ0v) is 23.4. The molecule has 198 valence electrons. The normalized spacial score (nSPS) is 28.3. The van der Waals surface area contributed by atoms with Gasteiger partial charge in [0.05, 0.1) is 19.9 Å². The Morgan fingerprint density at radius 2 is 1.72 bits per heavy atom. The molecular weight excluding hydrogens is 480 g/mol. The van der Waals surface area contributed by atoms with Gasteiger partial charge in [-0.1, -0.05) is 54.2 Å². The number of fused-ring (bicyclic) bond motifs is 6. The van der Waals surface area contributed by atoms with Crippen LogP contribution < -0.4 is 4.74 Å². The van der Waals surface area contributed by atoms with Crippen molar-refractivity contribution in [2.75, 3.05) is 34.9 Å². The Kier molecular flexibility index (Phi) is 6.64. The van der Waals surface area contributed by atoms with E-state index in [0.29, 0.717) is 23.7 Å². The highest BCUT2D eigenvalue weighted by Gasteiger charge is 2.44. The highest BCUT2D eigenvalue weighted by atomic mass is 16.5. The molecule has 1 saturated carbocycles. The highest BCUT2D eigenvalue weighted by molar-refractivity contribution is 6.18. The maximum atomic E-state index is 5.62. The molecule has 0 heterocycles. The summed E-state index contributed by atoms with van der Waals surface area (Å²) in [4.78, 5) is 6.84. The lowest BCUT2D eigenvalue weighted by Gasteiger charge is -2.27. The molecule has 0 amide bonds. The number of ether oxygens (including phenoxy) is 2. The molecule has 5 aliphatic rings. The fraction of sp³-hybridized carbons (Fsp3) is 0.286. The first kappa shape index (κ1) is 25.2. The topological polar surface area (TPSA) is 34.1 Å². The van der Waals surface area contributed by atoms with Crippen LogP contribution in [0.25, 0.3) is 11.1 Å². The van der Waals surface area contributed by atoms with Crippen molar-refractivity contribution in [3.05, 3.63) is 125 Å². The number of likely N-dealkylation sites (N-methyl/N-ethyl adjacent to an activating group) is 1. The van der Waals surface area contributed by atoms with Gasteiger partial charge in [-0.2, -0.15) is 0 Å². The summed E-state index contributed by atoms with van der Waals surface area (Å²) in [6, 6.07) is 6.37. The van der Waals surface area contributed by atoms with Crippen molar-refractivity contribution in [3.63, 3.8) is 0 Å². The van der Waals surface area contributed by atoms with Gasteiger partial charge in [-0.25, -0.2) is 0 Å². The Hall–Kier alpha value is -4.05. The Balaban J connectivity index is 1.38. The molecule has 0 radical (unpaired) electrons. The minimum atomic E-state index is 0.363. The van der Waals surface area contributed by atoms with Crippen LogP contribution >= 0.6 is 0 Å². The molecule has 0 bridgehead atoms. The van der Waals surface area contributed by atoms with E-state index >= 15 is 0 Å². The molecule has 0 N–H and O–H groups in total. The monoisotopic (exact) mass is 516 g/mol. The van der Waals surface area contributed by atoms with Crippen molar-refractivity contribution < 1.29 is 9.47 Å². The zero-order chi connectivity index (χ0) is 27.1. The van der Waals surface area contributed by atoms with Gasteiger partial charge in [0.25, 0.3) is 0 Å². The number of rotatable bonds is 6. The smallest absolute Gasteiger partial charge is 0.119 e. The number of hydrogen-bond donors (Lipinski definition) is 0. The summed E-state index contributed by atoms with van der Waals surface area (Å²) >= 11 is 0. The third kappa shape index (κ3) is 4.38. The van der Waals surface area contributed by atoms with Gasteiger partial charge in [0.1, 0.15) is 11.5 Å². The molecule has 39 heavy (non-hydrogen) atoms. The van der Waals surface area contributed by atoms with Crippen LogP contribution in [0.15, 0.2) is 119 Å². The lowest BCUT2D eigenvalue weighted by atomic mass is 9.82. The number of methoxy groups -OCH3 is 2. The van der Waals surface area contributed by atoms with Gasteiger partial charge in [0, 0.05) is 38.2 Å². The second-order valence-corrected chi connectivity index (χ2v) is 10.7. The molecule has 0 aliphatic heterocycles. The fourth-order valence-electron chi connectivity index (χ4n) is 6.57. The quantitative estimate of drug-likeness (QED) is 0.410. The number of hydrogen-bond acceptors (Lipinski definition) is 4. The number of benzene rings is 1. The minimum absolute atomic E-state index is 0.363. The van der Waals surface area contributed by atoms with E-state index < -0.39 is 0 Å². The second kappa shape index (κ2) is 10.3. The summed E-state index contributed by atoms with van der Waals surface area (Å²) in [6.45, 7) is 2.84. The summed E-state index contributed by atoms with van der Waals surface area (Å²) in [5.74, 6) is 3.38. The SMILES string of the molecule is CCN=C1C=CC2=C(C=CC=C3C4C=CC(OC)=CC4C4C=C(N(C)C)C=CC34)c3ccc(OC)cc3C2=C1. The van der Waals surface area contributed by atoms with Gasteiger partial charge in [-0.05, 0) is 89.1 Å². The summed E-state index contributed by atoms with van der Waals surface area (Å²) in [6.07, 6.45) is 27.3. The van der Waals surface area contributed by atoms with Crippen LogP contribution in [0, 0.1) is 23.7 Å². The highest BCUT2D eigenvalue weighted by Crippen LogP contribution is 2.52. The standard InChI is InChI=1S/C35H36N2O2/c1-6-36-22-10-14-28-26(30-16-12-24(38-4)20-34(30)32(28)18-22)8-7-9-27-29-15-11-23(37(2)3)19-33(29)35-21-25(39-5)13-17-31(27)35/h7-21,29,31,33,35H,6H2,1-5H3. The van der Waals surface area contributed by atoms with E-state index in [1.54, 1.807) is 14.2 Å². The summed E-state index contributed by atoms with van der Waals surface area (Å²) in [5, 5.41) is 0. The molecule has 4 nitrogen and oxygen atoms in total. The van der Waals surface area contributed by atoms with Crippen molar-refractivity contribution in [2.24, 2.45) is 28.7 Å². The van der Waals surface area contributed by atoms with Gasteiger partial charge in [-0.15, -0.1) is 0 Å². The largest absolute Gasteiger partial charge is 0.497 e. The average molecular weight is 517 g/mol. The predicted octanol–water partition coefficient (Wildman–Crippen LogP) is 6.95. The van der Waals surface area contributed by atoms with E-state index in [0.717, 1.165) is 23.8 Å². The molecular formula is C35H36N2O2. The van der Waals surface area contributed by atoms with Crippen LogP contribution in [-0.2, 0) is 4.74 Å². The van der Waals surface area contributed by atoms with E-state index in [4.69, 9.17) is 9.47 Å². The minimum Gasteiger partial charge on any atom is -0.497 e. The average Bonchev–Trinajstić information content (AvgIpc) is 3.44. The number of aliphatic imine (C=N–C) groups is 1. The number of nitrogens with zero attached hydrogens (tertiary/aromatic N) is 2. The van der Waals surface area contributed by atoms with Crippen molar-refractivity contribution in [2.45, 2.75) is 6.92 Å². The molecule has 4 heteroatoms. The molecule has 0 aromatic heterocycles. The lowest BCUT2D eigenvalue weighted by molar-refractivity contribution is 0.293. The van der Waals surface area contributed by atoms with Gasteiger partial charge in [-0.3, -0.25) is 4.99 Å². The van der Waals surface area contributed by atoms with Gasteiger partial charge >= 0.3 is 0 Å². The molecule has 4 unspecified atom stereocenters. The molecule has 4 atom stereocenters. The summed E-state index contributed by atoms with van der Waals surface area (Å²) < 4.78 is 11.2. The number of allylic oxidation sites excluding steroid dienone is 16. The van der Waals surface area contributed by atoms with Crippen LogP contribution in [-0.4, -0.2) is 45.5 Å². The zero-order valence-electron chi connectivity index (χ0n) is 23.4. The molecule has 1 aromatic rings. The Morgan fingerprint density at radius 1 is 0.923 bits per heavy atom. The van der Waals surface area contributed by atoms with Crippen molar-refractivity contribution in [1.82, 2.24) is 4.90 Å². The van der Waals surface area contributed by atoms with Crippen LogP contribution in [0.3, 0.4) is 0 Å². The van der Waals surface area contributed by atoms with E-state index in [1.165, 1.54) is 39.1 Å². The van der Waals surface area contributed by atoms with Crippen LogP contribution in [0.2, 0.25) is 0 Å². The first-order chi connectivity index (χ1) is 19.0. The van der Waals surface area contributed by atoms with Crippen LogP contribution in [0.5, 0.6) is 5.75 Å². The van der Waals surface area contributed by atoms with Gasteiger partial charge < -0.3 is 14.4 Å². The van der Waals surface area contributed by atoms with Crippen molar-refractivity contribution in [3.8, 4) is 5.75 Å². The molecule has 0 saturated heterocycles.